The number of carbonyl (C=O) groups is 1. The lowest BCUT2D eigenvalue weighted by molar-refractivity contribution is -0.126. The Balaban J connectivity index is 2.25. The molecule has 0 aromatic rings. The second-order valence-electron chi connectivity index (χ2n) is 2.42. The Kier molecular flexibility index (Phi) is 2.68. The third kappa shape index (κ3) is 1.99. The average molecular weight is 143 g/mol. The number of amides is 1. The summed E-state index contributed by atoms with van der Waals surface area (Å²) in [5.41, 5.74) is 0. The summed E-state index contributed by atoms with van der Waals surface area (Å²) < 4.78 is 5.29. The first kappa shape index (κ1) is 7.54. The molecule has 1 aliphatic heterocycles. The molecule has 1 saturated heterocycles. The molecule has 10 heavy (non-hydrogen) atoms. The molecule has 0 spiro atoms. The molecule has 1 aliphatic rings. The SMILES string of the molecule is CCOC1CCNC(=O)C1. The van der Waals surface area contributed by atoms with Crippen LogP contribution < -0.4 is 5.32 Å². The minimum Gasteiger partial charge on any atom is -0.378 e. The maximum Gasteiger partial charge on any atom is 0.222 e. The summed E-state index contributed by atoms with van der Waals surface area (Å²) in [5, 5.41) is 2.75. The van der Waals surface area contributed by atoms with Gasteiger partial charge in [-0.1, -0.05) is 0 Å². The molecule has 0 aromatic heterocycles. The molecule has 0 bridgehead atoms. The summed E-state index contributed by atoms with van der Waals surface area (Å²) in [6, 6.07) is 0. The third-order valence-corrected chi connectivity index (χ3v) is 1.60. The van der Waals surface area contributed by atoms with E-state index in [4.69, 9.17) is 4.74 Å². The Labute approximate surface area is 60.7 Å². The Morgan fingerprint density at radius 3 is 3.20 bits per heavy atom. The molecule has 0 saturated carbocycles. The number of nitrogens with one attached hydrogen (secondary N) is 1. The van der Waals surface area contributed by atoms with Crippen molar-refractivity contribution >= 4 is 5.91 Å². The van der Waals surface area contributed by atoms with Gasteiger partial charge in [0.1, 0.15) is 0 Å². The summed E-state index contributed by atoms with van der Waals surface area (Å²) in [7, 11) is 0. The quantitative estimate of drug-likeness (QED) is 0.603. The van der Waals surface area contributed by atoms with Crippen LogP contribution in [0.2, 0.25) is 0 Å². The number of carbonyl (C=O) groups excluding carboxylic acids is 1. The average Bonchev–Trinajstić information content (AvgIpc) is 1.88. The second-order valence-corrected chi connectivity index (χ2v) is 2.42. The molecule has 0 aromatic carbocycles. The minimum atomic E-state index is 0.115. The maximum absolute atomic E-state index is 10.8. The van der Waals surface area contributed by atoms with Crippen molar-refractivity contribution in [3.8, 4) is 0 Å². The Morgan fingerprint density at radius 1 is 1.80 bits per heavy atom. The predicted octanol–water partition coefficient (Wildman–Crippen LogP) is 0.301. The fraction of sp³-hybridized carbons (Fsp3) is 0.857. The summed E-state index contributed by atoms with van der Waals surface area (Å²) in [6.07, 6.45) is 1.66. The molecule has 0 aliphatic carbocycles. The molecule has 1 heterocycles. The highest BCUT2D eigenvalue weighted by atomic mass is 16.5. The molecular weight excluding hydrogens is 130 g/mol. The number of piperidine rings is 1. The van der Waals surface area contributed by atoms with Crippen LogP contribution in [0.25, 0.3) is 0 Å². The van der Waals surface area contributed by atoms with Gasteiger partial charge in [-0.15, -0.1) is 0 Å². The lowest BCUT2D eigenvalue weighted by atomic mass is 10.1. The highest BCUT2D eigenvalue weighted by Crippen LogP contribution is 2.07. The van der Waals surface area contributed by atoms with Gasteiger partial charge in [0, 0.05) is 13.2 Å². The Hall–Kier alpha value is -0.570. The molecule has 1 N–H and O–H groups in total. The third-order valence-electron chi connectivity index (χ3n) is 1.60. The van der Waals surface area contributed by atoms with E-state index in [0.717, 1.165) is 13.0 Å². The lowest BCUT2D eigenvalue weighted by Gasteiger charge is -2.21. The van der Waals surface area contributed by atoms with Gasteiger partial charge in [-0.2, -0.15) is 0 Å². The zero-order chi connectivity index (χ0) is 7.40. The highest BCUT2D eigenvalue weighted by molar-refractivity contribution is 5.77. The van der Waals surface area contributed by atoms with Crippen molar-refractivity contribution < 1.29 is 9.53 Å². The summed E-state index contributed by atoms with van der Waals surface area (Å²) in [4.78, 5) is 10.8. The van der Waals surface area contributed by atoms with Crippen molar-refractivity contribution in [1.82, 2.24) is 5.32 Å². The van der Waals surface area contributed by atoms with Gasteiger partial charge in [-0.25, -0.2) is 0 Å². The molecule has 3 heteroatoms. The molecule has 3 nitrogen and oxygen atoms in total. The molecule has 58 valence electrons. The fourth-order valence-corrected chi connectivity index (χ4v) is 1.13. The van der Waals surface area contributed by atoms with Crippen molar-refractivity contribution in [1.29, 1.82) is 0 Å². The monoisotopic (exact) mass is 143 g/mol. The fourth-order valence-electron chi connectivity index (χ4n) is 1.13. The summed E-state index contributed by atoms with van der Waals surface area (Å²) in [6.45, 7) is 3.42. The maximum atomic E-state index is 10.8. The van der Waals surface area contributed by atoms with E-state index in [2.05, 4.69) is 5.32 Å². The normalized spacial score (nSPS) is 26.1. The van der Waals surface area contributed by atoms with E-state index in [-0.39, 0.29) is 12.0 Å². The summed E-state index contributed by atoms with van der Waals surface area (Å²) >= 11 is 0. The standard InChI is InChI=1S/C7H13NO2/c1-2-10-6-3-4-8-7(9)5-6/h6H,2-5H2,1H3,(H,8,9). The van der Waals surface area contributed by atoms with E-state index in [9.17, 15) is 4.79 Å². The van der Waals surface area contributed by atoms with Crippen LogP contribution >= 0.6 is 0 Å². The molecule has 1 amide bonds. The Bertz CT molecular complexity index is 123. The molecular formula is C7H13NO2. The molecule has 1 atom stereocenters. The van der Waals surface area contributed by atoms with Crippen molar-refractivity contribution in [2.24, 2.45) is 0 Å². The van der Waals surface area contributed by atoms with Crippen LogP contribution in [-0.4, -0.2) is 25.2 Å². The number of ether oxygens (including phenoxy) is 1. The van der Waals surface area contributed by atoms with E-state index in [1.165, 1.54) is 0 Å². The van der Waals surface area contributed by atoms with Crippen LogP contribution in [0, 0.1) is 0 Å². The largest absolute Gasteiger partial charge is 0.378 e. The van der Waals surface area contributed by atoms with Crippen molar-refractivity contribution in [2.75, 3.05) is 13.2 Å². The van der Waals surface area contributed by atoms with E-state index in [0.29, 0.717) is 13.0 Å². The van der Waals surface area contributed by atoms with Crippen LogP contribution in [0.3, 0.4) is 0 Å². The van der Waals surface area contributed by atoms with Gasteiger partial charge >= 0.3 is 0 Å². The summed E-state index contributed by atoms with van der Waals surface area (Å²) in [5.74, 6) is 0.115. The number of hydrogen-bond acceptors (Lipinski definition) is 2. The first-order valence-corrected chi connectivity index (χ1v) is 3.71. The highest BCUT2D eigenvalue weighted by Gasteiger charge is 2.18. The van der Waals surface area contributed by atoms with E-state index >= 15 is 0 Å². The number of rotatable bonds is 2. The van der Waals surface area contributed by atoms with Crippen molar-refractivity contribution in [3.05, 3.63) is 0 Å². The van der Waals surface area contributed by atoms with Crippen LogP contribution in [-0.2, 0) is 9.53 Å². The molecule has 1 rings (SSSR count). The smallest absolute Gasteiger partial charge is 0.222 e. The first-order valence-electron chi connectivity index (χ1n) is 3.71. The second kappa shape index (κ2) is 3.56. The van der Waals surface area contributed by atoms with Gasteiger partial charge in [0.05, 0.1) is 12.5 Å². The van der Waals surface area contributed by atoms with Gasteiger partial charge < -0.3 is 10.1 Å². The van der Waals surface area contributed by atoms with Crippen molar-refractivity contribution in [3.63, 3.8) is 0 Å². The van der Waals surface area contributed by atoms with Crippen molar-refractivity contribution in [2.45, 2.75) is 25.9 Å². The zero-order valence-corrected chi connectivity index (χ0v) is 6.22. The lowest BCUT2D eigenvalue weighted by Crippen LogP contribution is -2.37. The van der Waals surface area contributed by atoms with Gasteiger partial charge in [-0.05, 0) is 13.3 Å². The van der Waals surface area contributed by atoms with Gasteiger partial charge in [0.15, 0.2) is 0 Å². The van der Waals surface area contributed by atoms with E-state index in [1.807, 2.05) is 6.92 Å². The van der Waals surface area contributed by atoms with Crippen LogP contribution in [0.1, 0.15) is 19.8 Å². The predicted molar refractivity (Wildman–Crippen MR) is 37.7 cm³/mol. The van der Waals surface area contributed by atoms with E-state index < -0.39 is 0 Å². The molecule has 1 fully saturated rings. The number of hydrogen-bond donors (Lipinski definition) is 1. The van der Waals surface area contributed by atoms with Gasteiger partial charge in [0.2, 0.25) is 5.91 Å². The van der Waals surface area contributed by atoms with Gasteiger partial charge in [-0.3, -0.25) is 4.79 Å². The van der Waals surface area contributed by atoms with E-state index in [1.54, 1.807) is 0 Å². The van der Waals surface area contributed by atoms with Crippen LogP contribution in [0.5, 0.6) is 0 Å². The molecule has 1 unspecified atom stereocenters. The zero-order valence-electron chi connectivity index (χ0n) is 6.22. The molecule has 0 radical (unpaired) electrons. The minimum absolute atomic E-state index is 0.115. The topological polar surface area (TPSA) is 38.3 Å². The van der Waals surface area contributed by atoms with Gasteiger partial charge in [0.25, 0.3) is 0 Å². The Morgan fingerprint density at radius 2 is 2.60 bits per heavy atom. The van der Waals surface area contributed by atoms with Crippen LogP contribution in [0.4, 0.5) is 0 Å². The van der Waals surface area contributed by atoms with Crippen LogP contribution in [0.15, 0.2) is 0 Å². The first-order chi connectivity index (χ1) is 4.83.